The zero-order valence-electron chi connectivity index (χ0n) is 8.53. The summed E-state index contributed by atoms with van der Waals surface area (Å²) in [6.07, 6.45) is 1.43. The van der Waals surface area contributed by atoms with Crippen LogP contribution in [0.2, 0.25) is 5.02 Å². The lowest BCUT2D eigenvalue weighted by Gasteiger charge is -2.08. The van der Waals surface area contributed by atoms with E-state index in [-0.39, 0.29) is 0 Å². The van der Waals surface area contributed by atoms with E-state index in [4.69, 9.17) is 11.6 Å². The van der Waals surface area contributed by atoms with E-state index >= 15 is 0 Å². The second kappa shape index (κ2) is 3.98. The van der Waals surface area contributed by atoms with Crippen LogP contribution in [0.15, 0.2) is 40.1 Å². The standard InChI is InChI=1S/C11H9ClN2O2/c1-7-2-3-8(12)6-9(7)14-5-4-10(15)13-11(14)16/h2-6H,1H3,(H,13,15,16). The summed E-state index contributed by atoms with van der Waals surface area (Å²) in [6.45, 7) is 1.86. The van der Waals surface area contributed by atoms with Crippen LogP contribution < -0.4 is 11.2 Å². The Morgan fingerprint density at radius 1 is 1.25 bits per heavy atom. The van der Waals surface area contributed by atoms with Gasteiger partial charge in [-0.2, -0.15) is 0 Å². The van der Waals surface area contributed by atoms with Gasteiger partial charge in [0.2, 0.25) is 0 Å². The van der Waals surface area contributed by atoms with Gasteiger partial charge >= 0.3 is 5.69 Å². The fourth-order valence-electron chi connectivity index (χ4n) is 1.45. The molecule has 1 aromatic heterocycles. The minimum absolute atomic E-state index is 0.416. The number of hydrogen-bond acceptors (Lipinski definition) is 2. The molecular weight excluding hydrogens is 228 g/mol. The first-order chi connectivity index (χ1) is 7.58. The molecule has 82 valence electrons. The summed E-state index contributed by atoms with van der Waals surface area (Å²) < 4.78 is 1.35. The van der Waals surface area contributed by atoms with E-state index in [9.17, 15) is 9.59 Å². The van der Waals surface area contributed by atoms with Crippen LogP contribution in [0.4, 0.5) is 0 Å². The second-order valence-electron chi connectivity index (χ2n) is 3.41. The monoisotopic (exact) mass is 236 g/mol. The number of aromatic amines is 1. The quantitative estimate of drug-likeness (QED) is 0.816. The first-order valence-corrected chi connectivity index (χ1v) is 5.04. The Labute approximate surface area is 96.1 Å². The van der Waals surface area contributed by atoms with Gasteiger partial charge in [0.25, 0.3) is 5.56 Å². The fraction of sp³-hybridized carbons (Fsp3) is 0.0909. The molecule has 0 radical (unpaired) electrons. The summed E-state index contributed by atoms with van der Waals surface area (Å²) in [5.41, 5.74) is 0.672. The van der Waals surface area contributed by atoms with Crippen LogP contribution in [0.25, 0.3) is 5.69 Å². The van der Waals surface area contributed by atoms with Gasteiger partial charge in [0, 0.05) is 17.3 Å². The molecule has 16 heavy (non-hydrogen) atoms. The Kier molecular flexibility index (Phi) is 2.66. The molecule has 0 spiro atoms. The van der Waals surface area contributed by atoms with Crippen molar-refractivity contribution in [2.45, 2.75) is 6.92 Å². The van der Waals surface area contributed by atoms with E-state index < -0.39 is 11.2 Å². The lowest BCUT2D eigenvalue weighted by Crippen LogP contribution is -2.27. The largest absolute Gasteiger partial charge is 0.332 e. The third kappa shape index (κ3) is 1.92. The minimum Gasteiger partial charge on any atom is -0.274 e. The number of nitrogens with one attached hydrogen (secondary N) is 1. The van der Waals surface area contributed by atoms with Crippen LogP contribution in [-0.4, -0.2) is 9.55 Å². The third-order valence-corrected chi connectivity index (χ3v) is 2.49. The summed E-state index contributed by atoms with van der Waals surface area (Å²) in [5, 5.41) is 0.540. The number of H-pyrrole nitrogens is 1. The van der Waals surface area contributed by atoms with Crippen molar-refractivity contribution >= 4 is 11.6 Å². The Balaban J connectivity index is 2.72. The maximum Gasteiger partial charge on any atom is 0.332 e. The first-order valence-electron chi connectivity index (χ1n) is 4.66. The maximum absolute atomic E-state index is 11.6. The van der Waals surface area contributed by atoms with Crippen molar-refractivity contribution in [2.75, 3.05) is 0 Å². The summed E-state index contributed by atoms with van der Waals surface area (Å²) in [5.74, 6) is 0. The first kappa shape index (κ1) is 10.7. The molecule has 0 fully saturated rings. The van der Waals surface area contributed by atoms with Crippen LogP contribution in [0, 0.1) is 6.92 Å². The molecule has 0 saturated carbocycles. The number of benzene rings is 1. The Morgan fingerprint density at radius 2 is 2.00 bits per heavy atom. The van der Waals surface area contributed by atoms with Crippen LogP contribution in [0.5, 0.6) is 0 Å². The van der Waals surface area contributed by atoms with Crippen molar-refractivity contribution in [2.24, 2.45) is 0 Å². The number of aryl methyl sites for hydroxylation is 1. The zero-order chi connectivity index (χ0) is 11.7. The minimum atomic E-state index is -0.474. The van der Waals surface area contributed by atoms with E-state index in [0.29, 0.717) is 10.7 Å². The van der Waals surface area contributed by atoms with Gasteiger partial charge in [-0.3, -0.25) is 14.3 Å². The van der Waals surface area contributed by atoms with Gasteiger partial charge in [-0.25, -0.2) is 4.79 Å². The van der Waals surface area contributed by atoms with Crippen molar-refractivity contribution < 1.29 is 0 Å². The van der Waals surface area contributed by atoms with Crippen LogP contribution >= 0.6 is 11.6 Å². The molecule has 0 aliphatic heterocycles. The van der Waals surface area contributed by atoms with Crippen molar-refractivity contribution in [1.82, 2.24) is 9.55 Å². The van der Waals surface area contributed by atoms with Crippen molar-refractivity contribution in [3.63, 3.8) is 0 Å². The molecule has 2 rings (SSSR count). The van der Waals surface area contributed by atoms with Crippen molar-refractivity contribution in [1.29, 1.82) is 0 Å². The third-order valence-electron chi connectivity index (χ3n) is 2.25. The highest BCUT2D eigenvalue weighted by Gasteiger charge is 2.04. The summed E-state index contributed by atoms with van der Waals surface area (Å²) in [7, 11) is 0. The molecule has 0 atom stereocenters. The molecule has 0 aliphatic rings. The molecule has 1 heterocycles. The Hall–Kier alpha value is -1.81. The smallest absolute Gasteiger partial charge is 0.274 e. The van der Waals surface area contributed by atoms with Gasteiger partial charge in [-0.1, -0.05) is 17.7 Å². The summed E-state index contributed by atoms with van der Waals surface area (Å²) >= 11 is 5.86. The lowest BCUT2D eigenvalue weighted by molar-refractivity contribution is 0.889. The van der Waals surface area contributed by atoms with E-state index in [1.54, 1.807) is 12.1 Å². The number of hydrogen-bond donors (Lipinski definition) is 1. The van der Waals surface area contributed by atoms with Gasteiger partial charge in [0.15, 0.2) is 0 Å². The summed E-state index contributed by atoms with van der Waals surface area (Å²) in [6, 6.07) is 6.53. The number of rotatable bonds is 1. The predicted octanol–water partition coefficient (Wildman–Crippen LogP) is 1.49. The Morgan fingerprint density at radius 3 is 2.69 bits per heavy atom. The molecule has 1 N–H and O–H groups in total. The molecule has 2 aromatic rings. The van der Waals surface area contributed by atoms with Crippen LogP contribution in [-0.2, 0) is 0 Å². The predicted molar refractivity (Wildman–Crippen MR) is 62.4 cm³/mol. The molecular formula is C11H9ClN2O2. The lowest BCUT2D eigenvalue weighted by atomic mass is 10.2. The van der Waals surface area contributed by atoms with E-state index in [0.717, 1.165) is 5.56 Å². The van der Waals surface area contributed by atoms with Crippen LogP contribution in [0.3, 0.4) is 0 Å². The van der Waals surface area contributed by atoms with Gasteiger partial charge in [-0.05, 0) is 24.6 Å². The average Bonchev–Trinajstić information content (AvgIpc) is 2.22. The number of aromatic nitrogens is 2. The van der Waals surface area contributed by atoms with Gasteiger partial charge in [0.1, 0.15) is 0 Å². The van der Waals surface area contributed by atoms with Gasteiger partial charge in [-0.15, -0.1) is 0 Å². The van der Waals surface area contributed by atoms with Gasteiger partial charge < -0.3 is 0 Å². The normalized spacial score (nSPS) is 10.4. The Bertz CT molecular complexity index is 643. The molecule has 0 amide bonds. The average molecular weight is 237 g/mol. The molecule has 0 unspecified atom stereocenters. The van der Waals surface area contributed by atoms with Gasteiger partial charge in [0.05, 0.1) is 5.69 Å². The molecule has 0 aliphatic carbocycles. The fourth-order valence-corrected chi connectivity index (χ4v) is 1.62. The molecule has 5 heteroatoms. The van der Waals surface area contributed by atoms with Crippen molar-refractivity contribution in [3.05, 3.63) is 61.9 Å². The molecule has 0 saturated heterocycles. The van der Waals surface area contributed by atoms with E-state index in [1.807, 2.05) is 13.0 Å². The second-order valence-corrected chi connectivity index (χ2v) is 3.85. The van der Waals surface area contributed by atoms with E-state index in [1.165, 1.54) is 16.8 Å². The molecule has 1 aromatic carbocycles. The molecule has 0 bridgehead atoms. The topological polar surface area (TPSA) is 54.9 Å². The highest BCUT2D eigenvalue weighted by molar-refractivity contribution is 6.30. The summed E-state index contributed by atoms with van der Waals surface area (Å²) in [4.78, 5) is 24.7. The van der Waals surface area contributed by atoms with E-state index in [2.05, 4.69) is 4.98 Å². The SMILES string of the molecule is Cc1ccc(Cl)cc1-n1ccc(=O)[nH]c1=O. The van der Waals surface area contributed by atoms with Crippen LogP contribution in [0.1, 0.15) is 5.56 Å². The zero-order valence-corrected chi connectivity index (χ0v) is 9.28. The highest BCUT2D eigenvalue weighted by Crippen LogP contribution is 2.17. The maximum atomic E-state index is 11.6. The highest BCUT2D eigenvalue weighted by atomic mass is 35.5. The molecule has 4 nitrogen and oxygen atoms in total. The number of nitrogens with zero attached hydrogens (tertiary/aromatic N) is 1. The van der Waals surface area contributed by atoms with Crippen molar-refractivity contribution in [3.8, 4) is 5.69 Å². The number of halogens is 1.